The van der Waals surface area contributed by atoms with E-state index in [1.54, 1.807) is 41.3 Å². The number of rotatable bonds is 3. The zero-order chi connectivity index (χ0) is 10.7. The lowest BCUT2D eigenvalue weighted by Gasteiger charge is -1.99. The van der Waals surface area contributed by atoms with E-state index in [2.05, 4.69) is 0 Å². The van der Waals surface area contributed by atoms with Gasteiger partial charge < -0.3 is 5.11 Å². The van der Waals surface area contributed by atoms with E-state index in [1.165, 1.54) is 0 Å². The van der Waals surface area contributed by atoms with Crippen LogP contribution >= 0.6 is 23.1 Å². The largest absolute Gasteiger partial charge is 0.478 e. The Hall–Kier alpha value is -1.26. The lowest BCUT2D eigenvalue weighted by molar-refractivity contribution is 0.0696. The van der Waals surface area contributed by atoms with Crippen LogP contribution in [0.3, 0.4) is 0 Å². The van der Waals surface area contributed by atoms with Crippen molar-refractivity contribution >= 4 is 29.1 Å². The molecule has 2 rings (SSSR count). The standard InChI is InChI=1S/C11H8O2S2/c12-11(13)8-3-1-4-9(7-8)15-10-5-2-6-14-10/h1-7H,(H,12,13). The van der Waals surface area contributed by atoms with Gasteiger partial charge in [0.15, 0.2) is 0 Å². The highest BCUT2D eigenvalue weighted by Gasteiger charge is 2.04. The number of aromatic carboxylic acids is 1. The van der Waals surface area contributed by atoms with Crippen molar-refractivity contribution in [2.24, 2.45) is 0 Å². The van der Waals surface area contributed by atoms with Crippen LogP contribution in [0.25, 0.3) is 0 Å². The Balaban J connectivity index is 2.22. The molecule has 0 amide bonds. The van der Waals surface area contributed by atoms with Gasteiger partial charge in [-0.15, -0.1) is 11.3 Å². The summed E-state index contributed by atoms with van der Waals surface area (Å²) in [5.41, 5.74) is 0.330. The van der Waals surface area contributed by atoms with Gasteiger partial charge in [0.2, 0.25) is 0 Å². The molecule has 2 nitrogen and oxygen atoms in total. The fourth-order valence-corrected chi connectivity index (χ4v) is 2.94. The first-order chi connectivity index (χ1) is 7.25. The third-order valence-electron chi connectivity index (χ3n) is 1.79. The van der Waals surface area contributed by atoms with Gasteiger partial charge in [0.25, 0.3) is 0 Å². The minimum Gasteiger partial charge on any atom is -0.478 e. The molecule has 0 aliphatic carbocycles. The average molecular weight is 236 g/mol. The number of hydrogen-bond donors (Lipinski definition) is 1. The minimum absolute atomic E-state index is 0.330. The Morgan fingerprint density at radius 1 is 1.27 bits per heavy atom. The van der Waals surface area contributed by atoms with E-state index in [0.29, 0.717) is 5.56 Å². The second-order valence-electron chi connectivity index (χ2n) is 2.87. The summed E-state index contributed by atoms with van der Waals surface area (Å²) < 4.78 is 1.16. The summed E-state index contributed by atoms with van der Waals surface area (Å²) in [6.45, 7) is 0. The first-order valence-electron chi connectivity index (χ1n) is 4.30. The van der Waals surface area contributed by atoms with Gasteiger partial charge in [-0.25, -0.2) is 4.79 Å². The highest BCUT2D eigenvalue weighted by Crippen LogP contribution is 2.31. The number of hydrogen-bond acceptors (Lipinski definition) is 3. The van der Waals surface area contributed by atoms with Crippen molar-refractivity contribution < 1.29 is 9.90 Å². The van der Waals surface area contributed by atoms with E-state index >= 15 is 0 Å². The maximum absolute atomic E-state index is 10.7. The molecule has 1 heterocycles. The zero-order valence-electron chi connectivity index (χ0n) is 7.71. The molecule has 0 bridgehead atoms. The Kier molecular flexibility index (Phi) is 3.08. The van der Waals surface area contributed by atoms with Crippen molar-refractivity contribution in [3.63, 3.8) is 0 Å². The summed E-state index contributed by atoms with van der Waals surface area (Å²) in [5.74, 6) is -0.886. The predicted molar refractivity (Wildman–Crippen MR) is 61.8 cm³/mol. The highest BCUT2D eigenvalue weighted by atomic mass is 32.2. The fourth-order valence-electron chi connectivity index (χ4n) is 1.13. The molecule has 76 valence electrons. The quantitative estimate of drug-likeness (QED) is 0.884. The van der Waals surface area contributed by atoms with Crippen molar-refractivity contribution in [1.82, 2.24) is 0 Å². The van der Waals surface area contributed by atoms with Crippen molar-refractivity contribution in [3.05, 3.63) is 47.3 Å². The average Bonchev–Trinajstić information content (AvgIpc) is 2.71. The molecular weight excluding hydrogens is 228 g/mol. The van der Waals surface area contributed by atoms with Crippen LogP contribution in [-0.2, 0) is 0 Å². The minimum atomic E-state index is -0.886. The maximum Gasteiger partial charge on any atom is 0.335 e. The van der Waals surface area contributed by atoms with Crippen molar-refractivity contribution in [1.29, 1.82) is 0 Å². The SMILES string of the molecule is O=C(O)c1cccc(Sc2cccs2)c1. The van der Waals surface area contributed by atoms with Crippen molar-refractivity contribution in [2.45, 2.75) is 9.10 Å². The van der Waals surface area contributed by atoms with Crippen LogP contribution < -0.4 is 0 Å². The van der Waals surface area contributed by atoms with Crippen LogP contribution in [0, 0.1) is 0 Å². The normalized spacial score (nSPS) is 10.1. The van der Waals surface area contributed by atoms with Gasteiger partial charge in [-0.3, -0.25) is 0 Å². The molecule has 0 radical (unpaired) electrons. The number of carbonyl (C=O) groups is 1. The third-order valence-corrected chi connectivity index (χ3v) is 3.82. The van der Waals surface area contributed by atoms with E-state index in [1.807, 2.05) is 23.6 Å². The Labute approximate surface area is 95.6 Å². The number of carboxylic acids is 1. The molecule has 4 heteroatoms. The van der Waals surface area contributed by atoms with Gasteiger partial charge in [-0.1, -0.05) is 23.9 Å². The molecule has 1 aromatic carbocycles. The molecule has 1 aromatic heterocycles. The molecule has 0 saturated carbocycles. The molecule has 0 aliphatic heterocycles. The van der Waals surface area contributed by atoms with Gasteiger partial charge in [0, 0.05) is 4.90 Å². The molecule has 0 atom stereocenters. The predicted octanol–water partition coefficient (Wildman–Crippen LogP) is 3.60. The summed E-state index contributed by atoms with van der Waals surface area (Å²) in [7, 11) is 0. The van der Waals surface area contributed by atoms with Crippen LogP contribution in [-0.4, -0.2) is 11.1 Å². The topological polar surface area (TPSA) is 37.3 Å². The van der Waals surface area contributed by atoms with E-state index in [9.17, 15) is 4.79 Å². The number of carboxylic acid groups (broad SMARTS) is 1. The van der Waals surface area contributed by atoms with E-state index < -0.39 is 5.97 Å². The zero-order valence-corrected chi connectivity index (χ0v) is 9.35. The van der Waals surface area contributed by atoms with Gasteiger partial charge in [0.05, 0.1) is 9.77 Å². The molecule has 0 spiro atoms. The van der Waals surface area contributed by atoms with Crippen molar-refractivity contribution in [3.8, 4) is 0 Å². The molecule has 1 N–H and O–H groups in total. The van der Waals surface area contributed by atoms with Crippen LogP contribution in [0.2, 0.25) is 0 Å². The summed E-state index contributed by atoms with van der Waals surface area (Å²) in [6.07, 6.45) is 0. The van der Waals surface area contributed by atoms with E-state index in [0.717, 1.165) is 9.10 Å². The number of benzene rings is 1. The lowest BCUT2D eigenvalue weighted by atomic mass is 10.2. The molecule has 2 aromatic rings. The first-order valence-corrected chi connectivity index (χ1v) is 6.00. The van der Waals surface area contributed by atoms with Gasteiger partial charge in [-0.05, 0) is 29.6 Å². The Morgan fingerprint density at radius 2 is 2.13 bits per heavy atom. The Bertz CT molecular complexity index is 463. The smallest absolute Gasteiger partial charge is 0.335 e. The second-order valence-corrected chi connectivity index (χ2v) is 5.19. The summed E-state index contributed by atoms with van der Waals surface area (Å²) in [5, 5.41) is 10.8. The molecule has 0 fully saturated rings. The first kappa shape index (κ1) is 10.3. The highest BCUT2D eigenvalue weighted by molar-refractivity contribution is 8.01. The van der Waals surface area contributed by atoms with Crippen LogP contribution in [0.5, 0.6) is 0 Å². The third kappa shape index (κ3) is 2.61. The van der Waals surface area contributed by atoms with E-state index in [4.69, 9.17) is 5.11 Å². The molecular formula is C11H8O2S2. The van der Waals surface area contributed by atoms with Gasteiger partial charge in [-0.2, -0.15) is 0 Å². The monoisotopic (exact) mass is 236 g/mol. The summed E-state index contributed by atoms with van der Waals surface area (Å²) >= 11 is 3.23. The Morgan fingerprint density at radius 3 is 2.80 bits per heavy atom. The lowest BCUT2D eigenvalue weighted by Crippen LogP contribution is -1.94. The second kappa shape index (κ2) is 4.51. The fraction of sp³-hybridized carbons (Fsp3) is 0. The molecule has 0 aliphatic rings. The molecule has 15 heavy (non-hydrogen) atoms. The summed E-state index contributed by atoms with van der Waals surface area (Å²) in [4.78, 5) is 11.7. The van der Waals surface area contributed by atoms with Gasteiger partial charge >= 0.3 is 5.97 Å². The van der Waals surface area contributed by atoms with Crippen molar-refractivity contribution in [2.75, 3.05) is 0 Å². The molecule has 0 unspecified atom stereocenters. The molecule has 0 saturated heterocycles. The number of thiophene rings is 1. The van der Waals surface area contributed by atoms with Crippen LogP contribution in [0.15, 0.2) is 50.9 Å². The van der Waals surface area contributed by atoms with Crippen LogP contribution in [0.1, 0.15) is 10.4 Å². The van der Waals surface area contributed by atoms with E-state index in [-0.39, 0.29) is 0 Å². The van der Waals surface area contributed by atoms with Crippen LogP contribution in [0.4, 0.5) is 0 Å². The maximum atomic E-state index is 10.7. The van der Waals surface area contributed by atoms with Gasteiger partial charge in [0.1, 0.15) is 0 Å². The summed E-state index contributed by atoms with van der Waals surface area (Å²) in [6, 6.07) is 11.0.